The van der Waals surface area contributed by atoms with Crippen LogP contribution in [0.25, 0.3) is 10.8 Å². The number of aryl methyl sites for hydroxylation is 1. The molecule has 0 fully saturated rings. The van der Waals surface area contributed by atoms with Gasteiger partial charge in [-0.1, -0.05) is 72.8 Å². The first kappa shape index (κ1) is 22.2. The van der Waals surface area contributed by atoms with Crippen molar-refractivity contribution in [2.24, 2.45) is 0 Å². The Balaban J connectivity index is 1.39. The molecule has 1 aliphatic heterocycles. The monoisotopic (exact) mass is 451 g/mol. The first-order chi connectivity index (χ1) is 16.5. The molecule has 4 aromatic carbocycles. The fourth-order valence-corrected chi connectivity index (χ4v) is 5.07. The molecule has 1 heterocycles. The SMILES string of the molecule is Cc1ccc([C@H]2C[C@@H](CN[C@H](C)c3cccc4ccccc34)Oc3ccccc32)cc1C(=O)O. The van der Waals surface area contributed by atoms with Gasteiger partial charge in [-0.15, -0.1) is 0 Å². The molecular weight excluding hydrogens is 422 g/mol. The molecule has 0 saturated heterocycles. The number of carboxylic acid groups (broad SMARTS) is 1. The van der Waals surface area contributed by atoms with Crippen LogP contribution in [0.3, 0.4) is 0 Å². The van der Waals surface area contributed by atoms with Gasteiger partial charge in [0.2, 0.25) is 0 Å². The second-order valence-electron chi connectivity index (χ2n) is 9.14. The van der Waals surface area contributed by atoms with Crippen LogP contribution in [0.5, 0.6) is 5.75 Å². The topological polar surface area (TPSA) is 58.6 Å². The van der Waals surface area contributed by atoms with Crippen molar-refractivity contribution in [1.82, 2.24) is 5.32 Å². The van der Waals surface area contributed by atoms with Gasteiger partial charge in [0.05, 0.1) is 5.56 Å². The van der Waals surface area contributed by atoms with E-state index in [0.29, 0.717) is 12.1 Å². The van der Waals surface area contributed by atoms with E-state index in [0.717, 1.165) is 28.9 Å². The van der Waals surface area contributed by atoms with Crippen molar-refractivity contribution in [3.63, 3.8) is 0 Å². The Kier molecular flexibility index (Phi) is 6.08. The second-order valence-corrected chi connectivity index (χ2v) is 9.14. The summed E-state index contributed by atoms with van der Waals surface area (Å²) in [5, 5.41) is 15.8. The van der Waals surface area contributed by atoms with Crippen molar-refractivity contribution >= 4 is 16.7 Å². The average molecular weight is 452 g/mol. The molecule has 34 heavy (non-hydrogen) atoms. The van der Waals surface area contributed by atoms with Gasteiger partial charge in [0.25, 0.3) is 0 Å². The molecule has 2 N–H and O–H groups in total. The molecule has 0 radical (unpaired) electrons. The summed E-state index contributed by atoms with van der Waals surface area (Å²) in [7, 11) is 0. The normalized spacial score (nSPS) is 18.2. The number of rotatable bonds is 6. The maximum atomic E-state index is 11.7. The molecule has 1 aliphatic rings. The Morgan fingerprint density at radius 2 is 1.79 bits per heavy atom. The summed E-state index contributed by atoms with van der Waals surface area (Å²) in [5.41, 5.74) is 4.54. The van der Waals surface area contributed by atoms with Crippen LogP contribution >= 0.6 is 0 Å². The van der Waals surface area contributed by atoms with Gasteiger partial charge >= 0.3 is 5.97 Å². The zero-order chi connectivity index (χ0) is 23.7. The van der Waals surface area contributed by atoms with Gasteiger partial charge < -0.3 is 15.2 Å². The molecule has 0 amide bonds. The van der Waals surface area contributed by atoms with Crippen molar-refractivity contribution in [2.45, 2.75) is 38.3 Å². The van der Waals surface area contributed by atoms with Crippen LogP contribution in [0, 0.1) is 6.92 Å². The number of hydrogen-bond donors (Lipinski definition) is 2. The van der Waals surface area contributed by atoms with E-state index in [1.54, 1.807) is 0 Å². The van der Waals surface area contributed by atoms with Crippen LogP contribution in [-0.4, -0.2) is 23.7 Å². The molecule has 4 aromatic rings. The van der Waals surface area contributed by atoms with Gasteiger partial charge in [0.15, 0.2) is 0 Å². The Morgan fingerprint density at radius 1 is 1.03 bits per heavy atom. The largest absolute Gasteiger partial charge is 0.489 e. The van der Waals surface area contributed by atoms with Crippen LogP contribution in [-0.2, 0) is 0 Å². The highest BCUT2D eigenvalue weighted by atomic mass is 16.5. The van der Waals surface area contributed by atoms with Crippen LogP contribution in [0.1, 0.15) is 57.9 Å². The molecule has 0 aromatic heterocycles. The van der Waals surface area contributed by atoms with Crippen molar-refractivity contribution in [3.8, 4) is 5.75 Å². The van der Waals surface area contributed by atoms with Crippen molar-refractivity contribution in [2.75, 3.05) is 6.54 Å². The molecule has 5 rings (SSSR count). The number of hydrogen-bond acceptors (Lipinski definition) is 3. The first-order valence-corrected chi connectivity index (χ1v) is 11.8. The highest BCUT2D eigenvalue weighted by molar-refractivity contribution is 5.89. The minimum absolute atomic E-state index is 0.0214. The van der Waals surface area contributed by atoms with Gasteiger partial charge in [-0.05, 0) is 59.9 Å². The van der Waals surface area contributed by atoms with Gasteiger partial charge in [-0.25, -0.2) is 4.79 Å². The third kappa shape index (κ3) is 4.29. The summed E-state index contributed by atoms with van der Waals surface area (Å²) in [6.07, 6.45) is 0.765. The zero-order valence-corrected chi connectivity index (χ0v) is 19.5. The van der Waals surface area contributed by atoms with Gasteiger partial charge in [0, 0.05) is 24.1 Å². The fraction of sp³-hybridized carbons (Fsp3) is 0.233. The van der Waals surface area contributed by atoms with E-state index in [4.69, 9.17) is 4.74 Å². The lowest BCUT2D eigenvalue weighted by Gasteiger charge is -2.33. The zero-order valence-electron chi connectivity index (χ0n) is 19.5. The van der Waals surface area contributed by atoms with Crippen molar-refractivity contribution in [3.05, 3.63) is 113 Å². The van der Waals surface area contributed by atoms with E-state index in [9.17, 15) is 9.90 Å². The van der Waals surface area contributed by atoms with Gasteiger partial charge in [-0.3, -0.25) is 0 Å². The minimum Gasteiger partial charge on any atom is -0.489 e. The molecule has 0 spiro atoms. The van der Waals surface area contributed by atoms with E-state index in [2.05, 4.69) is 66.8 Å². The molecule has 4 nitrogen and oxygen atoms in total. The Labute approximate surface area is 200 Å². The molecule has 3 atom stereocenters. The minimum atomic E-state index is -0.887. The van der Waals surface area contributed by atoms with Crippen LogP contribution in [0.15, 0.2) is 84.9 Å². The Hall–Kier alpha value is -3.63. The van der Waals surface area contributed by atoms with E-state index < -0.39 is 5.97 Å². The van der Waals surface area contributed by atoms with Gasteiger partial charge in [0.1, 0.15) is 11.9 Å². The smallest absolute Gasteiger partial charge is 0.335 e. The maximum absolute atomic E-state index is 11.7. The number of aromatic carboxylic acids is 1. The summed E-state index contributed by atoms with van der Waals surface area (Å²) >= 11 is 0. The summed E-state index contributed by atoms with van der Waals surface area (Å²) < 4.78 is 6.38. The Morgan fingerprint density at radius 3 is 2.65 bits per heavy atom. The summed E-state index contributed by atoms with van der Waals surface area (Å²) in [6, 6.07) is 29.0. The van der Waals surface area contributed by atoms with Gasteiger partial charge in [-0.2, -0.15) is 0 Å². The van der Waals surface area contributed by atoms with E-state index in [1.165, 1.54) is 16.3 Å². The van der Waals surface area contributed by atoms with Crippen molar-refractivity contribution in [1.29, 1.82) is 0 Å². The first-order valence-electron chi connectivity index (χ1n) is 11.8. The molecule has 0 aliphatic carbocycles. The number of benzene rings is 4. The predicted molar refractivity (Wildman–Crippen MR) is 136 cm³/mol. The molecule has 172 valence electrons. The summed E-state index contributed by atoms with van der Waals surface area (Å²) in [4.78, 5) is 11.7. The highest BCUT2D eigenvalue weighted by Gasteiger charge is 2.30. The highest BCUT2D eigenvalue weighted by Crippen LogP contribution is 2.40. The van der Waals surface area contributed by atoms with Crippen LogP contribution < -0.4 is 10.1 Å². The lowest BCUT2D eigenvalue weighted by molar-refractivity contribution is 0.0696. The number of fused-ring (bicyclic) bond motifs is 2. The van der Waals surface area contributed by atoms with E-state index in [1.807, 2.05) is 37.3 Å². The molecule has 0 bridgehead atoms. The number of ether oxygens (including phenoxy) is 1. The molecule has 0 saturated carbocycles. The summed E-state index contributed by atoms with van der Waals surface area (Å²) in [6.45, 7) is 4.73. The molecular formula is C30H29NO3. The predicted octanol–water partition coefficient (Wildman–Crippen LogP) is 6.48. The van der Waals surface area contributed by atoms with Crippen LogP contribution in [0.4, 0.5) is 0 Å². The van der Waals surface area contributed by atoms with E-state index in [-0.39, 0.29) is 18.1 Å². The van der Waals surface area contributed by atoms with E-state index >= 15 is 0 Å². The molecule has 0 unspecified atom stereocenters. The van der Waals surface area contributed by atoms with Crippen molar-refractivity contribution < 1.29 is 14.6 Å². The average Bonchev–Trinajstić information content (AvgIpc) is 2.86. The quantitative estimate of drug-likeness (QED) is 0.352. The third-order valence-corrected chi connectivity index (χ3v) is 6.92. The maximum Gasteiger partial charge on any atom is 0.335 e. The Bertz CT molecular complexity index is 1340. The lowest BCUT2D eigenvalue weighted by atomic mass is 9.83. The number of carbonyl (C=O) groups is 1. The molecule has 4 heteroatoms. The third-order valence-electron chi connectivity index (χ3n) is 6.92. The van der Waals surface area contributed by atoms with Crippen LogP contribution in [0.2, 0.25) is 0 Å². The lowest BCUT2D eigenvalue weighted by Crippen LogP contribution is -2.37. The number of para-hydroxylation sites is 1. The fourth-order valence-electron chi connectivity index (χ4n) is 5.07. The summed E-state index contributed by atoms with van der Waals surface area (Å²) in [5.74, 6) is 0.0750. The number of nitrogens with one attached hydrogen (secondary N) is 1. The number of carboxylic acids is 1. The standard InChI is InChI=1S/C30H29NO3/c1-19-14-15-22(16-27(19)30(32)33)28-17-23(34-29-13-6-5-11-26(28)29)18-31-20(2)24-12-7-9-21-8-3-4-10-25(21)24/h3-16,20,23,28,31H,17-18H2,1-2H3,(H,32,33)/t20-,23+,28-/m1/s1. The second kappa shape index (κ2) is 9.32.